The van der Waals surface area contributed by atoms with Gasteiger partial charge in [-0.05, 0) is 18.8 Å². The van der Waals surface area contributed by atoms with Gasteiger partial charge in [0, 0.05) is 32.2 Å². The van der Waals surface area contributed by atoms with Gasteiger partial charge in [-0.25, -0.2) is 0 Å². The average Bonchev–Trinajstić information content (AvgIpc) is 3.00. The molecule has 3 rings (SSSR count). The molecule has 0 saturated carbocycles. The van der Waals surface area contributed by atoms with Crippen molar-refractivity contribution in [1.82, 2.24) is 9.80 Å². The van der Waals surface area contributed by atoms with Gasteiger partial charge in [0.1, 0.15) is 0 Å². The lowest BCUT2D eigenvalue weighted by Gasteiger charge is -2.34. The summed E-state index contributed by atoms with van der Waals surface area (Å²) in [6.45, 7) is 8.34. The quantitative estimate of drug-likeness (QED) is 0.785. The number of ether oxygens (including phenoxy) is 2. The molecular formula is C16H26N2O3. The van der Waals surface area contributed by atoms with Crippen LogP contribution in [0.25, 0.3) is 0 Å². The number of amides is 1. The first kappa shape index (κ1) is 14.9. The van der Waals surface area contributed by atoms with Crippen LogP contribution in [0.5, 0.6) is 0 Å². The molecule has 0 spiro atoms. The minimum absolute atomic E-state index is 0.184. The van der Waals surface area contributed by atoms with E-state index in [1.54, 1.807) is 6.26 Å². The van der Waals surface area contributed by atoms with Crippen molar-refractivity contribution in [2.24, 2.45) is 5.92 Å². The lowest BCUT2D eigenvalue weighted by atomic mass is 9.99. The molecule has 0 aromatic carbocycles. The summed E-state index contributed by atoms with van der Waals surface area (Å²) in [6.07, 6.45) is 4.61. The van der Waals surface area contributed by atoms with Crippen LogP contribution in [0.15, 0.2) is 11.8 Å². The fourth-order valence-electron chi connectivity index (χ4n) is 3.67. The second-order valence-electron chi connectivity index (χ2n) is 6.21. The highest BCUT2D eigenvalue weighted by Gasteiger charge is 2.38. The molecule has 0 aromatic heterocycles. The predicted octanol–water partition coefficient (Wildman–Crippen LogP) is 1.25. The third-order valence-corrected chi connectivity index (χ3v) is 4.94. The van der Waals surface area contributed by atoms with Crippen LogP contribution in [0.4, 0.5) is 0 Å². The molecule has 2 saturated heterocycles. The van der Waals surface area contributed by atoms with Gasteiger partial charge in [0.05, 0.1) is 31.7 Å². The van der Waals surface area contributed by atoms with E-state index in [0.29, 0.717) is 12.0 Å². The third-order valence-electron chi connectivity index (χ3n) is 4.94. The summed E-state index contributed by atoms with van der Waals surface area (Å²) in [5, 5.41) is 0. The predicted molar refractivity (Wildman–Crippen MR) is 79.8 cm³/mol. The van der Waals surface area contributed by atoms with E-state index in [0.717, 1.165) is 70.8 Å². The Morgan fingerprint density at radius 1 is 1.29 bits per heavy atom. The van der Waals surface area contributed by atoms with Gasteiger partial charge in [-0.15, -0.1) is 0 Å². The van der Waals surface area contributed by atoms with Crippen molar-refractivity contribution in [1.29, 1.82) is 0 Å². The van der Waals surface area contributed by atoms with Gasteiger partial charge < -0.3 is 14.4 Å². The SMILES string of the molecule is CCC1CN(C(=O)C2=COCCC2)CC1N1CCOCC1. The smallest absolute Gasteiger partial charge is 0.252 e. The highest BCUT2D eigenvalue weighted by Crippen LogP contribution is 2.27. The monoisotopic (exact) mass is 294 g/mol. The standard InChI is InChI=1S/C16H26N2O3/c1-2-13-10-18(16(19)14-4-3-7-21-12-14)11-15(13)17-5-8-20-9-6-17/h12-13,15H,2-11H2,1H3. The topological polar surface area (TPSA) is 42.0 Å². The Labute approximate surface area is 126 Å². The fourth-order valence-corrected chi connectivity index (χ4v) is 3.67. The Hall–Kier alpha value is -1.07. The molecular weight excluding hydrogens is 268 g/mol. The molecule has 0 bridgehead atoms. The van der Waals surface area contributed by atoms with Crippen molar-refractivity contribution in [3.8, 4) is 0 Å². The van der Waals surface area contributed by atoms with E-state index in [1.807, 2.05) is 4.90 Å². The summed E-state index contributed by atoms with van der Waals surface area (Å²) in [7, 11) is 0. The first-order valence-corrected chi connectivity index (χ1v) is 8.21. The van der Waals surface area contributed by atoms with Crippen molar-refractivity contribution >= 4 is 5.91 Å². The Bertz CT molecular complexity index is 404. The van der Waals surface area contributed by atoms with Gasteiger partial charge in [-0.1, -0.05) is 13.3 Å². The molecule has 21 heavy (non-hydrogen) atoms. The van der Waals surface area contributed by atoms with Crippen LogP contribution in [0.3, 0.4) is 0 Å². The second-order valence-corrected chi connectivity index (χ2v) is 6.21. The minimum atomic E-state index is 0.184. The third kappa shape index (κ3) is 3.24. The molecule has 5 nitrogen and oxygen atoms in total. The van der Waals surface area contributed by atoms with Crippen LogP contribution in [-0.4, -0.2) is 67.7 Å². The number of nitrogens with zero attached hydrogens (tertiary/aromatic N) is 2. The highest BCUT2D eigenvalue weighted by molar-refractivity contribution is 5.93. The molecule has 0 radical (unpaired) electrons. The number of likely N-dealkylation sites (tertiary alicyclic amines) is 1. The molecule has 0 aliphatic carbocycles. The van der Waals surface area contributed by atoms with E-state index in [2.05, 4.69) is 11.8 Å². The van der Waals surface area contributed by atoms with Crippen LogP contribution in [0.2, 0.25) is 0 Å². The van der Waals surface area contributed by atoms with Crippen molar-refractivity contribution in [2.45, 2.75) is 32.2 Å². The Kier molecular flexibility index (Phi) is 4.80. The first-order chi connectivity index (χ1) is 10.3. The molecule has 0 aromatic rings. The van der Waals surface area contributed by atoms with Crippen molar-refractivity contribution in [2.75, 3.05) is 46.0 Å². The summed E-state index contributed by atoms with van der Waals surface area (Å²) >= 11 is 0. The van der Waals surface area contributed by atoms with Gasteiger partial charge in [0.2, 0.25) is 0 Å². The van der Waals surface area contributed by atoms with Gasteiger partial charge in [-0.3, -0.25) is 9.69 Å². The van der Waals surface area contributed by atoms with Gasteiger partial charge in [0.25, 0.3) is 5.91 Å². The summed E-state index contributed by atoms with van der Waals surface area (Å²) in [5.41, 5.74) is 0.846. The Balaban J connectivity index is 1.65. The molecule has 5 heteroatoms. The Morgan fingerprint density at radius 3 is 2.76 bits per heavy atom. The molecule has 3 aliphatic heterocycles. The maximum Gasteiger partial charge on any atom is 0.252 e. The zero-order valence-electron chi connectivity index (χ0n) is 12.9. The molecule has 2 atom stereocenters. The van der Waals surface area contributed by atoms with Crippen molar-refractivity contribution in [3.63, 3.8) is 0 Å². The van der Waals surface area contributed by atoms with Crippen molar-refractivity contribution in [3.05, 3.63) is 11.8 Å². The van der Waals surface area contributed by atoms with Crippen LogP contribution in [-0.2, 0) is 14.3 Å². The van der Waals surface area contributed by atoms with Gasteiger partial charge >= 0.3 is 0 Å². The lowest BCUT2D eigenvalue weighted by Crippen LogP contribution is -2.47. The summed E-state index contributed by atoms with van der Waals surface area (Å²) in [5.74, 6) is 0.765. The number of hydrogen-bond acceptors (Lipinski definition) is 4. The number of carbonyl (C=O) groups is 1. The second kappa shape index (κ2) is 6.79. The van der Waals surface area contributed by atoms with Crippen LogP contribution in [0, 0.1) is 5.92 Å². The molecule has 2 fully saturated rings. The van der Waals surface area contributed by atoms with E-state index >= 15 is 0 Å². The minimum Gasteiger partial charge on any atom is -0.501 e. The van der Waals surface area contributed by atoms with E-state index in [-0.39, 0.29) is 5.91 Å². The van der Waals surface area contributed by atoms with E-state index in [1.165, 1.54) is 0 Å². The molecule has 2 unspecified atom stereocenters. The van der Waals surface area contributed by atoms with Crippen LogP contribution in [0.1, 0.15) is 26.2 Å². The zero-order chi connectivity index (χ0) is 14.7. The summed E-state index contributed by atoms with van der Waals surface area (Å²) in [4.78, 5) is 17.2. The normalized spacial score (nSPS) is 30.9. The molecule has 0 N–H and O–H groups in total. The summed E-state index contributed by atoms with van der Waals surface area (Å²) in [6, 6.07) is 0.493. The van der Waals surface area contributed by atoms with Gasteiger partial charge in [-0.2, -0.15) is 0 Å². The Morgan fingerprint density at radius 2 is 2.10 bits per heavy atom. The van der Waals surface area contributed by atoms with E-state index in [4.69, 9.17) is 9.47 Å². The molecule has 1 amide bonds. The molecule has 3 aliphatic rings. The maximum absolute atomic E-state index is 12.6. The van der Waals surface area contributed by atoms with Crippen molar-refractivity contribution < 1.29 is 14.3 Å². The molecule has 118 valence electrons. The number of morpholine rings is 1. The number of rotatable bonds is 3. The number of hydrogen-bond donors (Lipinski definition) is 0. The maximum atomic E-state index is 12.6. The average molecular weight is 294 g/mol. The van der Waals surface area contributed by atoms with E-state index < -0.39 is 0 Å². The first-order valence-electron chi connectivity index (χ1n) is 8.21. The van der Waals surface area contributed by atoms with Crippen LogP contribution >= 0.6 is 0 Å². The highest BCUT2D eigenvalue weighted by atomic mass is 16.5. The largest absolute Gasteiger partial charge is 0.501 e. The van der Waals surface area contributed by atoms with Gasteiger partial charge in [0.15, 0.2) is 0 Å². The lowest BCUT2D eigenvalue weighted by molar-refractivity contribution is -0.127. The fraction of sp³-hybridized carbons (Fsp3) is 0.812. The molecule has 3 heterocycles. The number of carbonyl (C=O) groups excluding carboxylic acids is 1. The summed E-state index contributed by atoms with van der Waals surface area (Å²) < 4.78 is 10.8. The van der Waals surface area contributed by atoms with E-state index in [9.17, 15) is 4.79 Å². The van der Waals surface area contributed by atoms with Crippen LogP contribution < -0.4 is 0 Å². The zero-order valence-corrected chi connectivity index (χ0v) is 12.9.